The number of esters is 1. The van der Waals surface area contributed by atoms with Crippen molar-refractivity contribution in [3.63, 3.8) is 0 Å². The maximum atomic E-state index is 12.2. The van der Waals surface area contributed by atoms with Gasteiger partial charge in [-0.2, -0.15) is 0 Å². The monoisotopic (exact) mass is 406 g/mol. The van der Waals surface area contributed by atoms with Gasteiger partial charge >= 0.3 is 5.97 Å². The van der Waals surface area contributed by atoms with Crippen molar-refractivity contribution in [1.82, 2.24) is 4.98 Å². The summed E-state index contributed by atoms with van der Waals surface area (Å²) >= 11 is 0. The van der Waals surface area contributed by atoms with Crippen LogP contribution in [0.1, 0.15) is 29.4 Å². The molecular weight excluding hydrogens is 384 g/mol. The lowest BCUT2D eigenvalue weighted by Crippen LogP contribution is -2.21. The summed E-state index contributed by atoms with van der Waals surface area (Å²) < 4.78 is 22.1. The van der Waals surface area contributed by atoms with Gasteiger partial charge in [-0.25, -0.2) is 4.79 Å². The Morgan fingerprint density at radius 1 is 1.21 bits per heavy atom. The summed E-state index contributed by atoms with van der Waals surface area (Å²) in [6.07, 6.45) is 2.22. The average Bonchev–Trinajstić information content (AvgIpc) is 2.67. The predicted octanol–water partition coefficient (Wildman–Crippen LogP) is 1.84. The third kappa shape index (κ3) is 6.34. The summed E-state index contributed by atoms with van der Waals surface area (Å²) in [5.41, 5.74) is 0.997. The average molecular weight is 406 g/mol. The second kappa shape index (κ2) is 10.4. The number of H-pyrrole nitrogens is 1. The molecule has 1 unspecified atom stereocenters. The first-order chi connectivity index (χ1) is 13.4. The Hall–Kier alpha value is -2.94. The van der Waals surface area contributed by atoms with E-state index < -0.39 is 22.7 Å². The highest BCUT2D eigenvalue weighted by molar-refractivity contribution is 7.84. The molecule has 1 aromatic heterocycles. The lowest BCUT2D eigenvalue weighted by molar-refractivity contribution is -0.113. The first-order valence-electron chi connectivity index (χ1n) is 8.60. The normalized spacial score (nSPS) is 11.5. The fourth-order valence-corrected chi connectivity index (χ4v) is 3.26. The van der Waals surface area contributed by atoms with Crippen LogP contribution in [-0.2, 0) is 26.1 Å². The summed E-state index contributed by atoms with van der Waals surface area (Å²) in [5, 5.41) is 2.61. The molecule has 9 heteroatoms. The minimum absolute atomic E-state index is 0.0397. The Bertz CT molecular complexity index is 907. The van der Waals surface area contributed by atoms with Crippen LogP contribution < -0.4 is 15.5 Å². The molecule has 150 valence electrons. The van der Waals surface area contributed by atoms with Gasteiger partial charge < -0.3 is 19.8 Å². The van der Waals surface area contributed by atoms with Crippen LogP contribution in [0.15, 0.2) is 41.3 Å². The van der Waals surface area contributed by atoms with Crippen molar-refractivity contribution in [1.29, 1.82) is 0 Å². The van der Waals surface area contributed by atoms with E-state index in [2.05, 4.69) is 15.0 Å². The van der Waals surface area contributed by atoms with Gasteiger partial charge in [0.1, 0.15) is 5.75 Å². The van der Waals surface area contributed by atoms with Gasteiger partial charge in [-0.1, -0.05) is 6.92 Å². The molecule has 28 heavy (non-hydrogen) atoms. The molecule has 1 atom stereocenters. The number of aromatic nitrogens is 1. The number of amides is 1. The maximum absolute atomic E-state index is 12.2. The lowest BCUT2D eigenvalue weighted by atomic mass is 10.2. The van der Waals surface area contributed by atoms with Crippen molar-refractivity contribution in [3.05, 3.63) is 58.0 Å². The van der Waals surface area contributed by atoms with E-state index in [-0.39, 0.29) is 22.7 Å². The van der Waals surface area contributed by atoms with Gasteiger partial charge in [0.2, 0.25) is 11.3 Å². The number of benzene rings is 1. The van der Waals surface area contributed by atoms with Crippen molar-refractivity contribution in [2.75, 3.05) is 24.8 Å². The van der Waals surface area contributed by atoms with E-state index in [9.17, 15) is 18.6 Å². The summed E-state index contributed by atoms with van der Waals surface area (Å²) in [6, 6.07) is 7.47. The van der Waals surface area contributed by atoms with Crippen LogP contribution in [0, 0.1) is 0 Å². The minimum Gasteiger partial charge on any atom is -0.488 e. The van der Waals surface area contributed by atoms with Crippen molar-refractivity contribution in [2.45, 2.75) is 19.1 Å². The third-order valence-electron chi connectivity index (χ3n) is 3.60. The number of hydrogen-bond acceptors (Lipinski definition) is 6. The molecule has 0 aliphatic rings. The molecule has 0 aliphatic heterocycles. The zero-order valence-electron chi connectivity index (χ0n) is 15.7. The summed E-state index contributed by atoms with van der Waals surface area (Å²) in [7, 11) is -0.221. The molecule has 0 saturated heterocycles. The fourth-order valence-electron chi connectivity index (χ4n) is 2.28. The SMILES string of the molecule is CCCOc1c[nH]c(CS(=O)CC(=O)Nc2ccc(C(=O)OC)cc2)cc1=O. The number of pyridine rings is 1. The van der Waals surface area contributed by atoms with Crippen molar-refractivity contribution < 1.29 is 23.3 Å². The number of carbonyl (C=O) groups excluding carboxylic acids is 2. The van der Waals surface area contributed by atoms with Crippen molar-refractivity contribution in [3.8, 4) is 5.75 Å². The van der Waals surface area contributed by atoms with E-state index in [0.29, 0.717) is 23.6 Å². The molecule has 0 saturated carbocycles. The third-order valence-corrected chi connectivity index (χ3v) is 4.81. The van der Waals surface area contributed by atoms with Crippen LogP contribution in [0.3, 0.4) is 0 Å². The minimum atomic E-state index is -1.51. The molecule has 2 rings (SSSR count). The zero-order chi connectivity index (χ0) is 20.5. The van der Waals surface area contributed by atoms with Crippen LogP contribution in [0.5, 0.6) is 5.75 Å². The molecule has 0 fully saturated rings. The van der Waals surface area contributed by atoms with Crippen LogP contribution >= 0.6 is 0 Å². The van der Waals surface area contributed by atoms with Gasteiger partial charge in [-0.15, -0.1) is 0 Å². The van der Waals surface area contributed by atoms with Crippen molar-refractivity contribution >= 4 is 28.4 Å². The summed E-state index contributed by atoms with van der Waals surface area (Å²) in [6.45, 7) is 2.37. The number of hydrogen-bond donors (Lipinski definition) is 2. The molecule has 0 aliphatic carbocycles. The van der Waals surface area contributed by atoms with Gasteiger partial charge in [0, 0.05) is 34.4 Å². The first kappa shape index (κ1) is 21.4. The first-order valence-corrected chi connectivity index (χ1v) is 10.1. The van der Waals surface area contributed by atoms with E-state index in [0.717, 1.165) is 6.42 Å². The Morgan fingerprint density at radius 3 is 2.54 bits per heavy atom. The number of anilines is 1. The quantitative estimate of drug-likeness (QED) is 0.614. The lowest BCUT2D eigenvalue weighted by Gasteiger charge is -2.07. The van der Waals surface area contributed by atoms with Gasteiger partial charge in [0.15, 0.2) is 5.75 Å². The largest absolute Gasteiger partial charge is 0.488 e. The van der Waals surface area contributed by atoms with Crippen LogP contribution in [0.25, 0.3) is 0 Å². The molecule has 8 nitrogen and oxygen atoms in total. The van der Waals surface area contributed by atoms with Gasteiger partial charge in [0.25, 0.3) is 0 Å². The number of ether oxygens (including phenoxy) is 2. The highest BCUT2D eigenvalue weighted by Gasteiger charge is 2.12. The number of methoxy groups -OCH3 is 1. The van der Waals surface area contributed by atoms with Crippen LogP contribution in [0.4, 0.5) is 5.69 Å². The zero-order valence-corrected chi connectivity index (χ0v) is 16.5. The molecule has 1 heterocycles. The van der Waals surface area contributed by atoms with E-state index in [1.807, 2.05) is 6.92 Å². The predicted molar refractivity (Wildman–Crippen MR) is 106 cm³/mol. The maximum Gasteiger partial charge on any atom is 0.337 e. The molecule has 2 aromatic rings. The number of rotatable bonds is 9. The topological polar surface area (TPSA) is 115 Å². The molecule has 1 aromatic carbocycles. The van der Waals surface area contributed by atoms with E-state index in [4.69, 9.17) is 4.74 Å². The molecule has 1 amide bonds. The second-order valence-corrected chi connectivity index (χ2v) is 7.34. The highest BCUT2D eigenvalue weighted by atomic mass is 32.2. The fraction of sp³-hybridized carbons (Fsp3) is 0.316. The van der Waals surface area contributed by atoms with Gasteiger partial charge in [-0.05, 0) is 30.7 Å². The molecule has 0 bridgehead atoms. The van der Waals surface area contributed by atoms with Crippen LogP contribution in [-0.4, -0.2) is 40.5 Å². The second-order valence-electron chi connectivity index (χ2n) is 5.88. The van der Waals surface area contributed by atoms with E-state index in [1.54, 1.807) is 12.1 Å². The Balaban J connectivity index is 1.88. The van der Waals surface area contributed by atoms with E-state index >= 15 is 0 Å². The number of nitrogens with one attached hydrogen (secondary N) is 2. The Kier molecular flexibility index (Phi) is 7.94. The summed E-state index contributed by atoms with van der Waals surface area (Å²) in [5.74, 6) is -0.884. The molecule has 0 spiro atoms. The smallest absolute Gasteiger partial charge is 0.337 e. The Labute approximate surface area is 164 Å². The molecule has 2 N–H and O–H groups in total. The number of aromatic amines is 1. The van der Waals surface area contributed by atoms with E-state index in [1.165, 1.54) is 31.5 Å². The summed E-state index contributed by atoms with van der Waals surface area (Å²) in [4.78, 5) is 38.2. The number of carbonyl (C=O) groups is 2. The van der Waals surface area contributed by atoms with Gasteiger partial charge in [0.05, 0.1) is 25.0 Å². The molecular formula is C19H22N2O6S. The van der Waals surface area contributed by atoms with Crippen molar-refractivity contribution in [2.24, 2.45) is 0 Å². The highest BCUT2D eigenvalue weighted by Crippen LogP contribution is 2.11. The Morgan fingerprint density at radius 2 is 1.93 bits per heavy atom. The molecule has 0 radical (unpaired) electrons. The van der Waals surface area contributed by atoms with Crippen LogP contribution in [0.2, 0.25) is 0 Å². The van der Waals surface area contributed by atoms with Gasteiger partial charge in [-0.3, -0.25) is 13.8 Å². The standard InChI is InChI=1S/C19H22N2O6S/c1-3-8-27-17-10-20-15(9-16(17)22)11-28(25)12-18(23)21-14-6-4-13(5-7-14)19(24)26-2/h4-7,9-10H,3,8,11-12H2,1-2H3,(H,20,22)(H,21,23).